The van der Waals surface area contributed by atoms with E-state index in [1.807, 2.05) is 41.2 Å². The van der Waals surface area contributed by atoms with Crippen molar-refractivity contribution in [3.8, 4) is 6.07 Å². The summed E-state index contributed by atoms with van der Waals surface area (Å²) in [4.78, 5) is 0. The van der Waals surface area contributed by atoms with E-state index < -0.39 is 0 Å². The third-order valence-corrected chi connectivity index (χ3v) is 1.03. The van der Waals surface area contributed by atoms with Gasteiger partial charge in [0.2, 0.25) is 6.54 Å². The summed E-state index contributed by atoms with van der Waals surface area (Å²) in [6, 6.07) is 7.77. The molecular formula is C7H7BrN2. The van der Waals surface area contributed by atoms with Crippen molar-refractivity contribution >= 4 is 0 Å². The van der Waals surface area contributed by atoms with Crippen molar-refractivity contribution in [1.82, 2.24) is 0 Å². The van der Waals surface area contributed by atoms with E-state index >= 15 is 0 Å². The van der Waals surface area contributed by atoms with Gasteiger partial charge in [0.1, 0.15) is 6.07 Å². The molecule has 1 rings (SSSR count). The van der Waals surface area contributed by atoms with Crippen LogP contribution in [0.3, 0.4) is 0 Å². The van der Waals surface area contributed by atoms with Crippen LogP contribution in [0.2, 0.25) is 0 Å². The molecule has 0 spiro atoms. The number of pyridine rings is 1. The summed E-state index contributed by atoms with van der Waals surface area (Å²) < 4.78 is 1.82. The van der Waals surface area contributed by atoms with E-state index in [-0.39, 0.29) is 17.0 Å². The van der Waals surface area contributed by atoms with Gasteiger partial charge in [-0.05, 0) is 0 Å². The van der Waals surface area contributed by atoms with Crippen LogP contribution in [0.15, 0.2) is 30.6 Å². The summed E-state index contributed by atoms with van der Waals surface area (Å²) >= 11 is 0. The summed E-state index contributed by atoms with van der Waals surface area (Å²) in [5.41, 5.74) is 0. The number of hydrogen-bond donors (Lipinski definition) is 0. The Bertz CT molecular complexity index is 215. The predicted octanol–water partition coefficient (Wildman–Crippen LogP) is -2.50. The first-order valence-electron chi connectivity index (χ1n) is 2.74. The molecule has 1 aromatic heterocycles. The van der Waals surface area contributed by atoms with Gasteiger partial charge in [-0.15, -0.1) is 0 Å². The molecule has 10 heavy (non-hydrogen) atoms. The lowest BCUT2D eigenvalue weighted by molar-refractivity contribution is -0.685. The van der Waals surface area contributed by atoms with E-state index in [0.29, 0.717) is 6.54 Å². The molecule has 0 aliphatic heterocycles. The molecule has 0 fully saturated rings. The second-order valence-electron chi connectivity index (χ2n) is 1.71. The number of rotatable bonds is 1. The van der Waals surface area contributed by atoms with Crippen LogP contribution in [0.5, 0.6) is 0 Å². The van der Waals surface area contributed by atoms with Gasteiger partial charge in [0, 0.05) is 12.1 Å². The fraction of sp³-hybridized carbons (Fsp3) is 0.143. The molecule has 0 unspecified atom stereocenters. The molecule has 0 N–H and O–H groups in total. The van der Waals surface area contributed by atoms with Gasteiger partial charge in [0.05, 0.1) is 0 Å². The average molecular weight is 199 g/mol. The zero-order valence-corrected chi connectivity index (χ0v) is 6.95. The normalized spacial score (nSPS) is 7.50. The van der Waals surface area contributed by atoms with E-state index in [1.54, 1.807) is 0 Å². The fourth-order valence-electron chi connectivity index (χ4n) is 0.621. The van der Waals surface area contributed by atoms with Crippen molar-refractivity contribution in [1.29, 1.82) is 5.26 Å². The zero-order chi connectivity index (χ0) is 6.53. The van der Waals surface area contributed by atoms with Crippen LogP contribution in [-0.4, -0.2) is 0 Å². The van der Waals surface area contributed by atoms with Crippen LogP contribution in [0.1, 0.15) is 0 Å². The molecule has 0 aliphatic rings. The maximum absolute atomic E-state index is 8.25. The van der Waals surface area contributed by atoms with Gasteiger partial charge in [0.25, 0.3) is 0 Å². The van der Waals surface area contributed by atoms with E-state index in [2.05, 4.69) is 0 Å². The summed E-state index contributed by atoms with van der Waals surface area (Å²) in [7, 11) is 0. The monoisotopic (exact) mass is 198 g/mol. The van der Waals surface area contributed by atoms with Crippen LogP contribution < -0.4 is 21.5 Å². The summed E-state index contributed by atoms with van der Waals surface area (Å²) in [5.74, 6) is 0. The maximum atomic E-state index is 8.25. The molecule has 0 atom stereocenters. The third kappa shape index (κ3) is 2.60. The van der Waals surface area contributed by atoms with Crippen molar-refractivity contribution in [2.45, 2.75) is 6.54 Å². The van der Waals surface area contributed by atoms with Crippen molar-refractivity contribution in [3.63, 3.8) is 0 Å². The van der Waals surface area contributed by atoms with E-state index in [4.69, 9.17) is 5.26 Å². The van der Waals surface area contributed by atoms with Crippen LogP contribution in [-0.2, 0) is 6.54 Å². The number of aromatic nitrogens is 1. The van der Waals surface area contributed by atoms with Crippen molar-refractivity contribution in [2.24, 2.45) is 0 Å². The molecule has 0 aromatic carbocycles. The Morgan fingerprint density at radius 3 is 2.30 bits per heavy atom. The van der Waals surface area contributed by atoms with Crippen LogP contribution in [0.4, 0.5) is 0 Å². The number of halogens is 1. The van der Waals surface area contributed by atoms with Gasteiger partial charge in [-0.2, -0.15) is 9.83 Å². The summed E-state index contributed by atoms with van der Waals surface area (Å²) in [5, 5.41) is 8.25. The van der Waals surface area contributed by atoms with Crippen LogP contribution in [0.25, 0.3) is 0 Å². The van der Waals surface area contributed by atoms with Gasteiger partial charge in [-0.1, -0.05) is 6.07 Å². The summed E-state index contributed by atoms with van der Waals surface area (Å²) in [6.45, 7) is 0.431. The Balaban J connectivity index is 0.000000810. The number of hydrogen-bond acceptors (Lipinski definition) is 1. The van der Waals surface area contributed by atoms with E-state index in [1.165, 1.54) is 0 Å². The minimum atomic E-state index is 0. The van der Waals surface area contributed by atoms with Gasteiger partial charge in [0.15, 0.2) is 12.4 Å². The van der Waals surface area contributed by atoms with E-state index in [0.717, 1.165) is 0 Å². The zero-order valence-electron chi connectivity index (χ0n) is 5.37. The molecule has 0 aliphatic carbocycles. The van der Waals surface area contributed by atoms with Crippen LogP contribution >= 0.6 is 0 Å². The second kappa shape index (κ2) is 4.95. The quantitative estimate of drug-likeness (QED) is 0.459. The molecule has 52 valence electrons. The largest absolute Gasteiger partial charge is 1.00 e. The van der Waals surface area contributed by atoms with Gasteiger partial charge in [-0.25, -0.2) is 0 Å². The number of nitriles is 1. The third-order valence-electron chi connectivity index (χ3n) is 1.03. The van der Waals surface area contributed by atoms with Gasteiger partial charge < -0.3 is 17.0 Å². The van der Waals surface area contributed by atoms with Crippen molar-refractivity contribution in [3.05, 3.63) is 30.6 Å². The molecular weight excluding hydrogens is 192 g/mol. The van der Waals surface area contributed by atoms with Crippen molar-refractivity contribution in [2.75, 3.05) is 0 Å². The number of nitrogens with zero attached hydrogens (tertiary/aromatic N) is 2. The standard InChI is InChI=1S/C7H7N2.BrH/c8-4-7-9-5-2-1-3-6-9;/h1-3,5-6H,7H2;1H/q+1;/p-1. The highest BCUT2D eigenvalue weighted by Crippen LogP contribution is 1.74. The minimum Gasteiger partial charge on any atom is -1.00 e. The summed E-state index contributed by atoms with van der Waals surface area (Å²) in [6.07, 6.45) is 3.73. The molecule has 1 heterocycles. The Kier molecular flexibility index (Phi) is 4.51. The Morgan fingerprint density at radius 1 is 1.20 bits per heavy atom. The Labute approximate surface area is 70.5 Å². The predicted molar refractivity (Wildman–Crippen MR) is 32.2 cm³/mol. The highest BCUT2D eigenvalue weighted by molar-refractivity contribution is 4.84. The van der Waals surface area contributed by atoms with Gasteiger partial charge in [-0.3, -0.25) is 0 Å². The molecule has 0 radical (unpaired) electrons. The molecule has 3 heteroatoms. The second-order valence-corrected chi connectivity index (χ2v) is 1.71. The first kappa shape index (κ1) is 9.12. The lowest BCUT2D eigenvalue weighted by atomic mass is 10.5. The lowest BCUT2D eigenvalue weighted by Crippen LogP contribution is -3.00. The smallest absolute Gasteiger partial charge is 0.233 e. The lowest BCUT2D eigenvalue weighted by Gasteiger charge is -1.83. The molecule has 1 aromatic rings. The molecule has 0 bridgehead atoms. The highest BCUT2D eigenvalue weighted by atomic mass is 79.9. The SMILES string of the molecule is N#CC[n+]1ccccc1.[Br-]. The van der Waals surface area contributed by atoms with Crippen molar-refractivity contribution < 1.29 is 21.5 Å². The van der Waals surface area contributed by atoms with Crippen LogP contribution in [0, 0.1) is 11.3 Å². The highest BCUT2D eigenvalue weighted by Gasteiger charge is 1.90. The molecule has 2 nitrogen and oxygen atoms in total. The Hall–Kier alpha value is -0.880. The molecule has 0 amide bonds. The fourth-order valence-corrected chi connectivity index (χ4v) is 0.621. The Morgan fingerprint density at radius 2 is 1.80 bits per heavy atom. The van der Waals surface area contributed by atoms with Gasteiger partial charge >= 0.3 is 0 Å². The molecule has 0 saturated carbocycles. The van der Waals surface area contributed by atoms with E-state index in [9.17, 15) is 0 Å². The molecule has 0 saturated heterocycles. The first-order valence-corrected chi connectivity index (χ1v) is 2.74. The maximum Gasteiger partial charge on any atom is 0.233 e. The minimum absolute atomic E-state index is 0. The average Bonchev–Trinajstić information content (AvgIpc) is 1.91. The first-order chi connectivity index (χ1) is 4.43. The topological polar surface area (TPSA) is 27.7 Å².